The number of methoxy groups -OCH3 is 1. The highest BCUT2D eigenvalue weighted by atomic mass is 16.5. The summed E-state index contributed by atoms with van der Waals surface area (Å²) in [6.07, 6.45) is 5.03. The highest BCUT2D eigenvalue weighted by Gasteiger charge is 2.10. The number of aromatic amines is 1. The molecule has 90 valence electrons. The molecule has 0 radical (unpaired) electrons. The van der Waals surface area contributed by atoms with Crippen molar-refractivity contribution in [1.29, 1.82) is 0 Å². The van der Waals surface area contributed by atoms with E-state index in [9.17, 15) is 4.79 Å². The second-order valence-corrected chi connectivity index (χ2v) is 3.52. The largest absolute Gasteiger partial charge is 0.383 e. The summed E-state index contributed by atoms with van der Waals surface area (Å²) in [6.45, 7) is 1.22. The van der Waals surface area contributed by atoms with Crippen molar-refractivity contribution < 1.29 is 9.53 Å². The van der Waals surface area contributed by atoms with Crippen LogP contribution in [0.25, 0.3) is 0 Å². The van der Waals surface area contributed by atoms with Gasteiger partial charge in [0, 0.05) is 26.0 Å². The Kier molecular flexibility index (Phi) is 3.56. The molecule has 0 saturated carbocycles. The number of ether oxygens (including phenoxy) is 1. The number of carbonyl (C=O) groups is 1. The van der Waals surface area contributed by atoms with Gasteiger partial charge in [-0.2, -0.15) is 5.10 Å². The molecule has 0 atom stereocenters. The Hall–Kier alpha value is -2.08. The van der Waals surface area contributed by atoms with Crippen LogP contribution < -0.4 is 5.32 Å². The average molecular weight is 234 g/mol. The third kappa shape index (κ3) is 2.73. The van der Waals surface area contributed by atoms with E-state index >= 15 is 0 Å². The Morgan fingerprint density at radius 1 is 1.65 bits per heavy atom. The zero-order valence-corrected chi connectivity index (χ0v) is 9.51. The van der Waals surface area contributed by atoms with Gasteiger partial charge in [0.25, 0.3) is 5.91 Å². The van der Waals surface area contributed by atoms with Crippen LogP contribution in [0.2, 0.25) is 0 Å². The molecule has 6 nitrogen and oxygen atoms in total. The number of aromatic nitrogens is 3. The van der Waals surface area contributed by atoms with Gasteiger partial charge in [-0.05, 0) is 12.1 Å². The van der Waals surface area contributed by atoms with Crippen molar-refractivity contribution in [2.45, 2.75) is 6.54 Å². The summed E-state index contributed by atoms with van der Waals surface area (Å²) < 4.78 is 6.83. The van der Waals surface area contributed by atoms with Crippen molar-refractivity contribution >= 4 is 11.6 Å². The summed E-state index contributed by atoms with van der Waals surface area (Å²) in [4.78, 5) is 11.9. The number of carbonyl (C=O) groups excluding carboxylic acids is 1. The molecule has 0 aromatic carbocycles. The van der Waals surface area contributed by atoms with Gasteiger partial charge in [0.05, 0.1) is 18.5 Å². The van der Waals surface area contributed by atoms with Crippen LogP contribution in [0.15, 0.2) is 30.7 Å². The summed E-state index contributed by atoms with van der Waals surface area (Å²) in [5, 5.41) is 9.15. The number of hydrogen-bond donors (Lipinski definition) is 2. The first kappa shape index (κ1) is 11.4. The average Bonchev–Trinajstić information content (AvgIpc) is 2.96. The second kappa shape index (κ2) is 5.31. The minimum absolute atomic E-state index is 0.160. The Bertz CT molecular complexity index is 475. The molecule has 0 unspecified atom stereocenters. The van der Waals surface area contributed by atoms with Crippen molar-refractivity contribution in [3.63, 3.8) is 0 Å². The van der Waals surface area contributed by atoms with Crippen LogP contribution in [0.1, 0.15) is 10.5 Å². The maximum absolute atomic E-state index is 11.9. The Labute approximate surface area is 98.6 Å². The van der Waals surface area contributed by atoms with Gasteiger partial charge in [-0.3, -0.25) is 9.89 Å². The maximum atomic E-state index is 11.9. The predicted octanol–water partition coefficient (Wildman–Crippen LogP) is 1.11. The zero-order chi connectivity index (χ0) is 12.1. The van der Waals surface area contributed by atoms with Gasteiger partial charge < -0.3 is 14.6 Å². The lowest BCUT2D eigenvalue weighted by Gasteiger charge is -2.08. The molecule has 0 spiro atoms. The SMILES string of the molecule is COCCn1cccc1C(=O)Nc1cn[nH]c1. The maximum Gasteiger partial charge on any atom is 0.272 e. The fourth-order valence-corrected chi connectivity index (χ4v) is 1.52. The van der Waals surface area contributed by atoms with Crippen LogP contribution in [-0.4, -0.2) is 34.4 Å². The summed E-state index contributed by atoms with van der Waals surface area (Å²) >= 11 is 0. The van der Waals surface area contributed by atoms with Gasteiger partial charge in [0.1, 0.15) is 5.69 Å². The fraction of sp³-hybridized carbons (Fsp3) is 0.273. The smallest absolute Gasteiger partial charge is 0.272 e. The van der Waals surface area contributed by atoms with Crippen LogP contribution >= 0.6 is 0 Å². The van der Waals surface area contributed by atoms with Crippen LogP contribution in [0.3, 0.4) is 0 Å². The molecular formula is C11H14N4O2. The van der Waals surface area contributed by atoms with Crippen molar-refractivity contribution in [1.82, 2.24) is 14.8 Å². The van der Waals surface area contributed by atoms with E-state index in [-0.39, 0.29) is 5.91 Å². The number of amides is 1. The Morgan fingerprint density at radius 3 is 3.24 bits per heavy atom. The monoisotopic (exact) mass is 234 g/mol. The first-order valence-corrected chi connectivity index (χ1v) is 5.25. The molecule has 0 aliphatic carbocycles. The summed E-state index contributed by atoms with van der Waals surface area (Å²) in [5.41, 5.74) is 1.25. The van der Waals surface area contributed by atoms with Gasteiger partial charge in [-0.25, -0.2) is 0 Å². The molecule has 0 fully saturated rings. The number of nitrogens with one attached hydrogen (secondary N) is 2. The van der Waals surface area contributed by atoms with Crippen LogP contribution in [0, 0.1) is 0 Å². The quantitative estimate of drug-likeness (QED) is 0.814. The van der Waals surface area contributed by atoms with Gasteiger partial charge in [0.15, 0.2) is 0 Å². The van der Waals surface area contributed by atoms with Gasteiger partial charge in [0.2, 0.25) is 0 Å². The molecule has 0 bridgehead atoms. The number of nitrogens with zero attached hydrogens (tertiary/aromatic N) is 2. The van der Waals surface area contributed by atoms with E-state index in [1.54, 1.807) is 25.6 Å². The van der Waals surface area contributed by atoms with Crippen LogP contribution in [0.4, 0.5) is 5.69 Å². The Morgan fingerprint density at radius 2 is 2.53 bits per heavy atom. The summed E-state index contributed by atoms with van der Waals surface area (Å²) in [7, 11) is 1.63. The first-order valence-electron chi connectivity index (χ1n) is 5.25. The van der Waals surface area contributed by atoms with Crippen molar-refractivity contribution in [3.8, 4) is 0 Å². The molecule has 2 aromatic rings. The molecule has 0 aliphatic rings. The van der Waals surface area contributed by atoms with Crippen molar-refractivity contribution in [3.05, 3.63) is 36.4 Å². The molecule has 0 saturated heterocycles. The third-order valence-electron chi connectivity index (χ3n) is 2.35. The predicted molar refractivity (Wildman–Crippen MR) is 62.8 cm³/mol. The molecule has 2 rings (SSSR count). The topological polar surface area (TPSA) is 71.9 Å². The molecule has 17 heavy (non-hydrogen) atoms. The second-order valence-electron chi connectivity index (χ2n) is 3.52. The molecule has 0 aliphatic heterocycles. The Balaban J connectivity index is 2.06. The van der Waals surface area contributed by atoms with Crippen molar-refractivity contribution in [2.24, 2.45) is 0 Å². The standard InChI is InChI=1S/C11H14N4O2/c1-17-6-5-15-4-2-3-10(15)11(16)14-9-7-12-13-8-9/h2-4,7-8H,5-6H2,1H3,(H,12,13)(H,14,16). The van der Waals surface area contributed by atoms with E-state index in [1.807, 2.05) is 16.8 Å². The fourth-order valence-electron chi connectivity index (χ4n) is 1.52. The lowest BCUT2D eigenvalue weighted by Crippen LogP contribution is -2.17. The first-order chi connectivity index (χ1) is 8.31. The van der Waals surface area contributed by atoms with E-state index in [1.165, 1.54) is 0 Å². The molecule has 2 N–H and O–H groups in total. The van der Waals surface area contributed by atoms with Crippen LogP contribution in [-0.2, 0) is 11.3 Å². The van der Waals surface area contributed by atoms with Gasteiger partial charge in [-0.1, -0.05) is 0 Å². The third-order valence-corrected chi connectivity index (χ3v) is 2.35. The number of rotatable bonds is 5. The molecule has 2 heterocycles. The minimum atomic E-state index is -0.160. The number of H-pyrrole nitrogens is 1. The molecule has 2 aromatic heterocycles. The highest BCUT2D eigenvalue weighted by Crippen LogP contribution is 2.07. The van der Waals surface area contributed by atoms with E-state index < -0.39 is 0 Å². The minimum Gasteiger partial charge on any atom is -0.383 e. The zero-order valence-electron chi connectivity index (χ0n) is 9.51. The van der Waals surface area contributed by atoms with Crippen LogP contribution in [0.5, 0.6) is 0 Å². The van der Waals surface area contributed by atoms with E-state index in [0.29, 0.717) is 24.5 Å². The normalized spacial score (nSPS) is 10.4. The van der Waals surface area contributed by atoms with E-state index in [2.05, 4.69) is 15.5 Å². The van der Waals surface area contributed by atoms with E-state index in [0.717, 1.165) is 0 Å². The van der Waals surface area contributed by atoms with Gasteiger partial charge in [-0.15, -0.1) is 0 Å². The van der Waals surface area contributed by atoms with E-state index in [4.69, 9.17) is 4.74 Å². The molecular weight excluding hydrogens is 220 g/mol. The summed E-state index contributed by atoms with van der Waals surface area (Å²) in [5.74, 6) is -0.160. The molecule has 1 amide bonds. The van der Waals surface area contributed by atoms with Gasteiger partial charge >= 0.3 is 0 Å². The lowest BCUT2D eigenvalue weighted by atomic mass is 10.4. The highest BCUT2D eigenvalue weighted by molar-refractivity contribution is 6.03. The van der Waals surface area contributed by atoms with Crippen molar-refractivity contribution in [2.75, 3.05) is 19.0 Å². The number of hydrogen-bond acceptors (Lipinski definition) is 3. The molecule has 6 heteroatoms. The lowest BCUT2D eigenvalue weighted by molar-refractivity contribution is 0.101. The summed E-state index contributed by atoms with van der Waals surface area (Å²) in [6, 6.07) is 3.60. The number of anilines is 1.